The zero-order valence-electron chi connectivity index (χ0n) is 13.1. The van der Waals surface area contributed by atoms with Gasteiger partial charge in [-0.3, -0.25) is 0 Å². The first-order chi connectivity index (χ1) is 8.01. The number of rotatable bonds is 4. The van der Waals surface area contributed by atoms with Crippen LogP contribution >= 0.6 is 0 Å². The van der Waals surface area contributed by atoms with Crippen LogP contribution in [0.1, 0.15) is 27.7 Å². The van der Waals surface area contributed by atoms with E-state index >= 15 is 0 Å². The maximum Gasteiger partial charge on any atom is -0.0844 e. The summed E-state index contributed by atoms with van der Waals surface area (Å²) in [5.74, 6) is 0. The van der Waals surface area contributed by atoms with E-state index in [1.165, 1.54) is 27.4 Å². The molecule has 0 aromatic rings. The van der Waals surface area contributed by atoms with Crippen LogP contribution in [0.5, 0.6) is 0 Å². The summed E-state index contributed by atoms with van der Waals surface area (Å²) in [5.41, 5.74) is 0. The van der Waals surface area contributed by atoms with E-state index in [0.29, 0.717) is 0 Å². The average molecular weight is 413 g/mol. The molecular formula is C12H32N4Ta-2. The van der Waals surface area contributed by atoms with Gasteiger partial charge in [-0.05, 0) is 0 Å². The van der Waals surface area contributed by atoms with Crippen molar-refractivity contribution in [3.05, 3.63) is 16.0 Å². The molecule has 0 aliphatic rings. The van der Waals surface area contributed by atoms with Crippen LogP contribution in [0.25, 0.3) is 16.0 Å². The summed E-state index contributed by atoms with van der Waals surface area (Å²) in [6, 6.07) is 0. The Morgan fingerprint density at radius 3 is 0.882 bits per heavy atom. The van der Waals surface area contributed by atoms with Gasteiger partial charge >= 0.3 is 44.3 Å². The Kier molecular flexibility index (Phi) is 55.2. The Morgan fingerprint density at radius 2 is 0.882 bits per heavy atom. The fraction of sp³-hybridized carbons (Fsp3) is 1.00. The van der Waals surface area contributed by atoms with Crippen molar-refractivity contribution >= 4 is 0 Å². The second-order valence-electron chi connectivity index (χ2n) is 2.87. The van der Waals surface area contributed by atoms with Gasteiger partial charge in [0.15, 0.2) is 0 Å². The summed E-state index contributed by atoms with van der Waals surface area (Å²) >= 11 is 1.37. The molecule has 0 saturated heterocycles. The van der Waals surface area contributed by atoms with Crippen LogP contribution in [-0.2, 0) is 20.9 Å². The third-order valence-electron chi connectivity index (χ3n) is 1.41. The van der Waals surface area contributed by atoms with E-state index in [-0.39, 0.29) is 0 Å². The van der Waals surface area contributed by atoms with Crippen molar-refractivity contribution in [3.8, 4) is 0 Å². The Bertz CT molecular complexity index is 95.2. The molecule has 0 aromatic carbocycles. The van der Waals surface area contributed by atoms with Crippen LogP contribution in [-0.4, -0.2) is 57.3 Å². The number of nitrogens with zero attached hydrogens (tertiary/aromatic N) is 4. The molecule has 0 unspecified atom stereocenters. The van der Waals surface area contributed by atoms with Gasteiger partial charge in [-0.25, -0.2) is 0 Å². The fourth-order valence-corrected chi connectivity index (χ4v) is 0. The zero-order chi connectivity index (χ0) is 14.5. The van der Waals surface area contributed by atoms with Gasteiger partial charge in [0.25, 0.3) is 0 Å². The molecule has 0 aliphatic carbocycles. The molecule has 0 N–H and O–H groups in total. The standard InChI is InChI=1S/4C3H8N.Ta/c4*1-3-4-2;/h4*3H2,1-2H3;/q4*-1;+2. The second-order valence-corrected chi connectivity index (χ2v) is 5.32. The Hall–Kier alpha value is 0.420. The molecular weight excluding hydrogens is 381 g/mol. The molecule has 0 bridgehead atoms. The normalized spacial score (nSPS) is 7.47. The second kappa shape index (κ2) is 36.0. The number of hydrogen-bond acceptors (Lipinski definition) is 0. The van der Waals surface area contributed by atoms with Crippen LogP contribution in [0.15, 0.2) is 0 Å². The van der Waals surface area contributed by atoms with E-state index < -0.39 is 0 Å². The van der Waals surface area contributed by atoms with Gasteiger partial charge in [0, 0.05) is 0 Å². The maximum absolute atomic E-state index is 3.74. The first kappa shape index (κ1) is 26.1. The molecule has 0 amide bonds. The molecule has 0 heterocycles. The number of hydrogen-bond donors (Lipinski definition) is 0. The molecule has 17 heavy (non-hydrogen) atoms. The third kappa shape index (κ3) is 116. The van der Waals surface area contributed by atoms with E-state index in [4.69, 9.17) is 0 Å². The van der Waals surface area contributed by atoms with Gasteiger partial charge in [0.2, 0.25) is 0 Å². The Labute approximate surface area is 122 Å². The van der Waals surface area contributed by atoms with E-state index in [1.54, 1.807) is 21.1 Å². The molecule has 5 heteroatoms. The third-order valence-corrected chi connectivity index (χ3v) is 2.42. The summed E-state index contributed by atoms with van der Waals surface area (Å²) in [5, 5.41) is 11.2. The maximum atomic E-state index is 3.74. The van der Waals surface area contributed by atoms with Crippen LogP contribution in [0.4, 0.5) is 0 Å². The van der Waals surface area contributed by atoms with Crippen molar-refractivity contribution in [2.24, 2.45) is 0 Å². The summed E-state index contributed by atoms with van der Waals surface area (Å²) in [6.07, 6.45) is 0. The molecule has 0 spiro atoms. The van der Waals surface area contributed by atoms with Crippen molar-refractivity contribution in [1.29, 1.82) is 0 Å². The molecule has 0 atom stereocenters. The predicted molar refractivity (Wildman–Crippen MR) is 76.2 cm³/mol. The van der Waals surface area contributed by atoms with Crippen molar-refractivity contribution in [2.45, 2.75) is 27.7 Å². The van der Waals surface area contributed by atoms with Gasteiger partial charge in [-0.1, -0.05) is 20.8 Å². The predicted octanol–water partition coefficient (Wildman–Crippen LogP) is 3.41. The average Bonchev–Trinajstić information content (AvgIpc) is 2.39. The van der Waals surface area contributed by atoms with Gasteiger partial charge in [-0.2, -0.15) is 40.8 Å². The molecule has 0 aromatic heterocycles. The van der Waals surface area contributed by atoms with E-state index in [1.807, 2.05) is 20.8 Å². The minimum Gasteiger partial charge on any atom is -0.665 e. The fourth-order valence-electron chi connectivity index (χ4n) is 0. The van der Waals surface area contributed by atoms with Crippen LogP contribution < -0.4 is 0 Å². The van der Waals surface area contributed by atoms with Crippen LogP contribution in [0.2, 0.25) is 0 Å². The van der Waals surface area contributed by atoms with E-state index in [2.05, 4.69) is 32.8 Å². The first-order valence-corrected chi connectivity index (χ1v) is 7.52. The molecule has 107 valence electrons. The van der Waals surface area contributed by atoms with Crippen molar-refractivity contribution in [1.82, 2.24) is 0 Å². The summed E-state index contributed by atoms with van der Waals surface area (Å²) in [4.78, 5) is 0. The van der Waals surface area contributed by atoms with E-state index in [0.717, 1.165) is 19.6 Å². The Morgan fingerprint density at radius 1 is 0.765 bits per heavy atom. The van der Waals surface area contributed by atoms with Gasteiger partial charge in [0.1, 0.15) is 0 Å². The molecule has 0 radical (unpaired) electrons. The minimum atomic E-state index is 0.944. The molecule has 0 saturated carbocycles. The summed E-state index contributed by atoms with van der Waals surface area (Å²) in [6.45, 7) is 12.2. The molecule has 0 fully saturated rings. The smallest absolute Gasteiger partial charge is 0.0844 e. The quantitative estimate of drug-likeness (QED) is 0.678. The SMILES string of the molecule is CC[N+](C)=[Ta].CC[N-]C.CC[N-]C.CC[N-]C. The molecule has 0 rings (SSSR count). The monoisotopic (exact) mass is 413 g/mol. The topological polar surface area (TPSA) is 45.3 Å². The molecule has 0 aliphatic heterocycles. The van der Waals surface area contributed by atoms with Crippen molar-refractivity contribution in [3.63, 3.8) is 0 Å². The largest absolute Gasteiger partial charge is 0.665 e. The van der Waals surface area contributed by atoms with Gasteiger partial charge in [-0.15, -0.1) is 0 Å². The first-order valence-electron chi connectivity index (χ1n) is 6.08. The Balaban J connectivity index is -0.0000000667. The van der Waals surface area contributed by atoms with Crippen LogP contribution in [0.3, 0.4) is 0 Å². The summed E-state index contributed by atoms with van der Waals surface area (Å²) in [7, 11) is 7.52. The zero-order valence-corrected chi connectivity index (χ0v) is 16.3. The van der Waals surface area contributed by atoms with Gasteiger partial charge < -0.3 is 16.0 Å². The van der Waals surface area contributed by atoms with Crippen molar-refractivity contribution in [2.75, 3.05) is 54.4 Å². The minimum absolute atomic E-state index is 0.944. The van der Waals surface area contributed by atoms with Gasteiger partial charge in [0.05, 0.1) is 0 Å². The summed E-state index contributed by atoms with van der Waals surface area (Å²) < 4.78 is 2.24. The van der Waals surface area contributed by atoms with E-state index in [9.17, 15) is 0 Å². The van der Waals surface area contributed by atoms with Crippen LogP contribution in [0, 0.1) is 0 Å². The van der Waals surface area contributed by atoms with Crippen molar-refractivity contribution < 1.29 is 23.8 Å². The molecule has 4 nitrogen and oxygen atoms in total.